The monoisotopic (exact) mass is 418 g/mol. The van der Waals surface area contributed by atoms with Crippen LogP contribution in [-0.4, -0.2) is 35.1 Å². The summed E-state index contributed by atoms with van der Waals surface area (Å²) in [6.45, 7) is 2.76. The van der Waals surface area contributed by atoms with E-state index >= 15 is 0 Å². The summed E-state index contributed by atoms with van der Waals surface area (Å²) in [5.41, 5.74) is 2.29. The van der Waals surface area contributed by atoms with Crippen molar-refractivity contribution in [3.63, 3.8) is 0 Å². The SMILES string of the molecule is CCCCN1C(=O)CCc2cc(NS(=O)(=O)c3ccc(OC)c(OC)c3)ccc21. The van der Waals surface area contributed by atoms with Crippen LogP contribution in [-0.2, 0) is 21.2 Å². The number of fused-ring (bicyclic) bond motifs is 1. The number of benzene rings is 2. The molecular weight excluding hydrogens is 392 g/mol. The number of methoxy groups -OCH3 is 2. The molecule has 2 aromatic carbocycles. The Kier molecular flexibility index (Phi) is 6.32. The van der Waals surface area contributed by atoms with Crippen molar-refractivity contribution in [1.29, 1.82) is 0 Å². The summed E-state index contributed by atoms with van der Waals surface area (Å²) in [6, 6.07) is 9.75. The predicted molar refractivity (Wildman–Crippen MR) is 112 cm³/mol. The molecule has 0 atom stereocenters. The number of nitrogens with zero attached hydrogens (tertiary/aromatic N) is 1. The van der Waals surface area contributed by atoms with E-state index in [1.807, 2.05) is 6.07 Å². The topological polar surface area (TPSA) is 84.9 Å². The van der Waals surface area contributed by atoms with Gasteiger partial charge in [-0.15, -0.1) is 0 Å². The van der Waals surface area contributed by atoms with E-state index in [2.05, 4.69) is 11.6 Å². The minimum atomic E-state index is -3.80. The summed E-state index contributed by atoms with van der Waals surface area (Å²) in [4.78, 5) is 14.1. The third-order valence-electron chi connectivity index (χ3n) is 4.93. The number of amides is 1. The van der Waals surface area contributed by atoms with Gasteiger partial charge in [0.25, 0.3) is 10.0 Å². The zero-order chi connectivity index (χ0) is 21.0. The second-order valence-corrected chi connectivity index (χ2v) is 8.55. The number of carbonyl (C=O) groups excluding carboxylic acids is 1. The molecule has 0 unspecified atom stereocenters. The normalized spacial score (nSPS) is 13.8. The fraction of sp³-hybridized carbons (Fsp3) is 0.381. The molecule has 2 aromatic rings. The van der Waals surface area contributed by atoms with Gasteiger partial charge in [0, 0.05) is 30.4 Å². The van der Waals surface area contributed by atoms with E-state index in [0.717, 1.165) is 24.1 Å². The molecule has 29 heavy (non-hydrogen) atoms. The van der Waals surface area contributed by atoms with Crippen LogP contribution in [0.15, 0.2) is 41.3 Å². The average Bonchev–Trinajstić information content (AvgIpc) is 2.72. The lowest BCUT2D eigenvalue weighted by Gasteiger charge is -2.29. The summed E-state index contributed by atoms with van der Waals surface area (Å²) in [5, 5.41) is 0. The van der Waals surface area contributed by atoms with Gasteiger partial charge in [-0.25, -0.2) is 8.42 Å². The van der Waals surface area contributed by atoms with E-state index in [9.17, 15) is 13.2 Å². The number of rotatable bonds is 8. The number of unbranched alkanes of at least 4 members (excludes halogenated alkanes) is 1. The van der Waals surface area contributed by atoms with Crippen molar-refractivity contribution in [3.8, 4) is 11.5 Å². The molecule has 156 valence electrons. The van der Waals surface area contributed by atoms with Gasteiger partial charge in [-0.2, -0.15) is 0 Å². The smallest absolute Gasteiger partial charge is 0.262 e. The summed E-state index contributed by atoms with van der Waals surface area (Å²) in [5.74, 6) is 0.910. The largest absolute Gasteiger partial charge is 0.493 e. The highest BCUT2D eigenvalue weighted by Crippen LogP contribution is 2.33. The molecule has 3 rings (SSSR count). The Morgan fingerprint density at radius 1 is 1.03 bits per heavy atom. The van der Waals surface area contributed by atoms with Crippen molar-refractivity contribution in [3.05, 3.63) is 42.0 Å². The summed E-state index contributed by atoms with van der Waals surface area (Å²) >= 11 is 0. The van der Waals surface area contributed by atoms with Gasteiger partial charge >= 0.3 is 0 Å². The number of hydrogen-bond acceptors (Lipinski definition) is 5. The lowest BCUT2D eigenvalue weighted by molar-refractivity contribution is -0.118. The first-order valence-electron chi connectivity index (χ1n) is 9.57. The number of ether oxygens (including phenoxy) is 2. The summed E-state index contributed by atoms with van der Waals surface area (Å²) in [7, 11) is -0.855. The van der Waals surface area contributed by atoms with Crippen molar-refractivity contribution in [2.24, 2.45) is 0 Å². The number of hydrogen-bond donors (Lipinski definition) is 1. The van der Waals surface area contributed by atoms with Crippen molar-refractivity contribution in [2.45, 2.75) is 37.5 Å². The number of aryl methyl sites for hydroxylation is 1. The van der Waals surface area contributed by atoms with Crippen LogP contribution in [0.3, 0.4) is 0 Å². The molecule has 1 amide bonds. The second kappa shape index (κ2) is 8.73. The van der Waals surface area contributed by atoms with E-state index in [-0.39, 0.29) is 10.8 Å². The Labute approximate surface area is 171 Å². The zero-order valence-electron chi connectivity index (χ0n) is 16.9. The average molecular weight is 419 g/mol. The lowest BCUT2D eigenvalue weighted by atomic mass is 10.00. The minimum absolute atomic E-state index is 0.0765. The van der Waals surface area contributed by atoms with Gasteiger partial charge in [0.2, 0.25) is 5.91 Å². The standard InChI is InChI=1S/C21H26N2O5S/c1-4-5-12-23-18-9-7-16(13-15(18)6-11-21(23)24)22-29(25,26)17-8-10-19(27-2)20(14-17)28-3/h7-10,13-14,22H,4-6,11-12H2,1-3H3. The minimum Gasteiger partial charge on any atom is -0.493 e. The molecule has 1 aliphatic rings. The highest BCUT2D eigenvalue weighted by atomic mass is 32.2. The Morgan fingerprint density at radius 3 is 2.48 bits per heavy atom. The molecule has 0 bridgehead atoms. The number of nitrogens with one attached hydrogen (secondary N) is 1. The van der Waals surface area contributed by atoms with Crippen LogP contribution in [0.5, 0.6) is 11.5 Å². The van der Waals surface area contributed by atoms with Gasteiger partial charge in [-0.05, 0) is 48.7 Å². The molecule has 1 N–H and O–H groups in total. The van der Waals surface area contributed by atoms with Gasteiger partial charge in [-0.3, -0.25) is 9.52 Å². The predicted octanol–water partition coefficient (Wildman–Crippen LogP) is 3.58. The van der Waals surface area contributed by atoms with Crippen LogP contribution < -0.4 is 19.1 Å². The highest BCUT2D eigenvalue weighted by Gasteiger charge is 2.24. The van der Waals surface area contributed by atoms with Crippen LogP contribution in [0.1, 0.15) is 31.7 Å². The van der Waals surface area contributed by atoms with E-state index in [4.69, 9.17) is 9.47 Å². The van der Waals surface area contributed by atoms with Crippen molar-refractivity contribution in [1.82, 2.24) is 0 Å². The summed E-state index contributed by atoms with van der Waals surface area (Å²) < 4.78 is 38.6. The first-order chi connectivity index (χ1) is 13.9. The van der Waals surface area contributed by atoms with Gasteiger partial charge < -0.3 is 14.4 Å². The molecule has 1 heterocycles. The molecular formula is C21H26N2O5S. The van der Waals surface area contributed by atoms with Crippen LogP contribution in [0.2, 0.25) is 0 Å². The molecule has 0 spiro atoms. The van der Waals surface area contributed by atoms with Crippen LogP contribution in [0, 0.1) is 0 Å². The maximum Gasteiger partial charge on any atom is 0.262 e. The van der Waals surface area contributed by atoms with Gasteiger partial charge in [0.15, 0.2) is 11.5 Å². The maximum atomic E-state index is 12.8. The molecule has 0 aromatic heterocycles. The van der Waals surface area contributed by atoms with E-state index in [1.165, 1.54) is 26.4 Å². The van der Waals surface area contributed by atoms with Crippen LogP contribution in [0.25, 0.3) is 0 Å². The van der Waals surface area contributed by atoms with E-state index in [1.54, 1.807) is 23.1 Å². The first-order valence-corrected chi connectivity index (χ1v) is 11.1. The van der Waals surface area contributed by atoms with E-state index in [0.29, 0.717) is 36.6 Å². The molecule has 0 fully saturated rings. The molecule has 7 nitrogen and oxygen atoms in total. The molecule has 0 saturated heterocycles. The molecule has 0 saturated carbocycles. The third kappa shape index (κ3) is 4.48. The second-order valence-electron chi connectivity index (χ2n) is 6.86. The number of sulfonamides is 1. The fourth-order valence-corrected chi connectivity index (χ4v) is 4.45. The zero-order valence-corrected chi connectivity index (χ0v) is 17.7. The fourth-order valence-electron chi connectivity index (χ4n) is 3.38. The van der Waals surface area contributed by atoms with Gasteiger partial charge in [0.05, 0.1) is 19.1 Å². The quantitative estimate of drug-likeness (QED) is 0.708. The van der Waals surface area contributed by atoms with Gasteiger partial charge in [-0.1, -0.05) is 13.3 Å². The first kappa shape index (κ1) is 21.0. The third-order valence-corrected chi connectivity index (χ3v) is 6.31. The Balaban J connectivity index is 1.86. The van der Waals surface area contributed by atoms with Crippen LogP contribution >= 0.6 is 0 Å². The van der Waals surface area contributed by atoms with Crippen LogP contribution in [0.4, 0.5) is 11.4 Å². The van der Waals surface area contributed by atoms with E-state index < -0.39 is 10.0 Å². The van der Waals surface area contributed by atoms with Crippen molar-refractivity contribution in [2.75, 3.05) is 30.4 Å². The van der Waals surface area contributed by atoms with Crippen molar-refractivity contribution >= 4 is 27.3 Å². The molecule has 1 aliphatic heterocycles. The molecule has 8 heteroatoms. The molecule has 0 aliphatic carbocycles. The number of carbonyl (C=O) groups is 1. The summed E-state index contributed by atoms with van der Waals surface area (Å²) in [6.07, 6.45) is 2.96. The maximum absolute atomic E-state index is 12.8. The van der Waals surface area contributed by atoms with Gasteiger partial charge in [0.1, 0.15) is 0 Å². The lowest BCUT2D eigenvalue weighted by Crippen LogP contribution is -2.35. The molecule has 0 radical (unpaired) electrons. The Bertz CT molecular complexity index is 1000. The van der Waals surface area contributed by atoms with Crippen molar-refractivity contribution < 1.29 is 22.7 Å². The number of anilines is 2. The Morgan fingerprint density at radius 2 is 1.79 bits per heavy atom. The Hall–Kier alpha value is -2.74. The highest BCUT2D eigenvalue weighted by molar-refractivity contribution is 7.92.